The first kappa shape index (κ1) is 19.6. The van der Waals surface area contributed by atoms with Gasteiger partial charge in [0.15, 0.2) is 0 Å². The van der Waals surface area contributed by atoms with Gasteiger partial charge in [0.25, 0.3) is 0 Å². The molecule has 0 radical (unpaired) electrons. The van der Waals surface area contributed by atoms with E-state index in [1.54, 1.807) is 6.07 Å². The molecule has 1 aliphatic rings. The third-order valence-electron chi connectivity index (χ3n) is 4.29. The molecular formula is C18H22F2N4O2S. The number of nitrogens with one attached hydrogen (secondary N) is 1. The van der Waals surface area contributed by atoms with Crippen LogP contribution >= 0.6 is 0 Å². The van der Waals surface area contributed by atoms with Crippen molar-refractivity contribution in [3.63, 3.8) is 0 Å². The maximum atomic E-state index is 13.2. The first-order chi connectivity index (χ1) is 12.8. The Hall–Kier alpha value is -2.13. The monoisotopic (exact) mass is 396 g/mol. The summed E-state index contributed by atoms with van der Waals surface area (Å²) in [4.78, 5) is 11.0. The molecule has 9 heteroatoms. The van der Waals surface area contributed by atoms with Crippen LogP contribution in [0.3, 0.4) is 0 Å². The lowest BCUT2D eigenvalue weighted by molar-refractivity contribution is 0.565. The predicted molar refractivity (Wildman–Crippen MR) is 98.7 cm³/mol. The maximum Gasteiger partial charge on any atom is 0.225 e. The van der Waals surface area contributed by atoms with E-state index in [1.807, 2.05) is 6.92 Å². The molecule has 3 rings (SSSR count). The van der Waals surface area contributed by atoms with Gasteiger partial charge in [-0.3, -0.25) is 0 Å². The Labute approximate surface area is 157 Å². The third-order valence-corrected chi connectivity index (χ3v) is 5.58. The maximum absolute atomic E-state index is 13.2. The highest BCUT2D eigenvalue weighted by molar-refractivity contribution is 7.88. The van der Waals surface area contributed by atoms with Crippen molar-refractivity contribution in [3.05, 3.63) is 52.9 Å². The van der Waals surface area contributed by atoms with Crippen molar-refractivity contribution in [1.29, 1.82) is 0 Å². The van der Waals surface area contributed by atoms with E-state index in [2.05, 4.69) is 19.6 Å². The standard InChI is InChI=1S/C18H22F2N4O2S/c1-13-7-17(23-18(22-13)24-5-3-2-4-6-24)11-21-27(25,26)12-14-8-15(19)10-16(20)9-14/h7-10,21H,2-6,11-12H2,1H3. The Morgan fingerprint density at radius 2 is 1.70 bits per heavy atom. The van der Waals surface area contributed by atoms with Crippen LogP contribution in [0.25, 0.3) is 0 Å². The van der Waals surface area contributed by atoms with Gasteiger partial charge in [-0.1, -0.05) is 0 Å². The van der Waals surface area contributed by atoms with E-state index in [0.29, 0.717) is 17.7 Å². The number of nitrogens with zero attached hydrogens (tertiary/aromatic N) is 3. The number of anilines is 1. The number of halogens is 2. The van der Waals surface area contributed by atoms with E-state index < -0.39 is 27.4 Å². The number of piperidine rings is 1. The minimum Gasteiger partial charge on any atom is -0.341 e. The molecular weight excluding hydrogens is 374 g/mol. The fourth-order valence-corrected chi connectivity index (χ4v) is 4.17. The highest BCUT2D eigenvalue weighted by Gasteiger charge is 2.17. The molecule has 1 saturated heterocycles. The molecule has 0 bridgehead atoms. The third kappa shape index (κ3) is 5.67. The molecule has 0 spiro atoms. The molecule has 1 aliphatic heterocycles. The van der Waals surface area contributed by atoms with Gasteiger partial charge >= 0.3 is 0 Å². The van der Waals surface area contributed by atoms with Gasteiger partial charge < -0.3 is 4.90 Å². The molecule has 2 heterocycles. The van der Waals surface area contributed by atoms with Crippen LogP contribution in [0.4, 0.5) is 14.7 Å². The molecule has 1 fully saturated rings. The summed E-state index contributed by atoms with van der Waals surface area (Å²) in [6.45, 7) is 3.60. The number of hydrogen-bond acceptors (Lipinski definition) is 5. The van der Waals surface area contributed by atoms with Crippen LogP contribution in [-0.4, -0.2) is 31.5 Å². The number of hydrogen-bond donors (Lipinski definition) is 1. The summed E-state index contributed by atoms with van der Waals surface area (Å²) in [7, 11) is -3.77. The molecule has 1 aromatic heterocycles. The van der Waals surface area contributed by atoms with Gasteiger partial charge in [-0.2, -0.15) is 0 Å². The lowest BCUT2D eigenvalue weighted by Crippen LogP contribution is -2.32. The van der Waals surface area contributed by atoms with Crippen LogP contribution in [0, 0.1) is 18.6 Å². The summed E-state index contributed by atoms with van der Waals surface area (Å²) in [5.74, 6) is -1.52. The molecule has 1 N–H and O–H groups in total. The first-order valence-corrected chi connectivity index (χ1v) is 10.5. The van der Waals surface area contributed by atoms with Crippen LogP contribution < -0.4 is 9.62 Å². The van der Waals surface area contributed by atoms with Gasteiger partial charge in [-0.05, 0) is 49.9 Å². The minimum atomic E-state index is -3.77. The Morgan fingerprint density at radius 1 is 1.04 bits per heavy atom. The van der Waals surface area contributed by atoms with Crippen molar-refractivity contribution >= 4 is 16.0 Å². The van der Waals surface area contributed by atoms with E-state index >= 15 is 0 Å². The van der Waals surface area contributed by atoms with Crippen molar-refractivity contribution in [2.75, 3.05) is 18.0 Å². The highest BCUT2D eigenvalue weighted by Crippen LogP contribution is 2.17. The van der Waals surface area contributed by atoms with Crippen molar-refractivity contribution in [3.8, 4) is 0 Å². The lowest BCUT2D eigenvalue weighted by Gasteiger charge is -2.27. The molecule has 2 aromatic rings. The Morgan fingerprint density at radius 3 is 2.37 bits per heavy atom. The Kier molecular flexibility index (Phi) is 6.01. The highest BCUT2D eigenvalue weighted by atomic mass is 32.2. The molecule has 0 amide bonds. The summed E-state index contributed by atoms with van der Waals surface area (Å²) >= 11 is 0. The fraction of sp³-hybridized carbons (Fsp3) is 0.444. The summed E-state index contributed by atoms with van der Waals surface area (Å²) < 4.78 is 53.4. The Balaban J connectivity index is 1.68. The van der Waals surface area contributed by atoms with E-state index in [9.17, 15) is 17.2 Å². The quantitative estimate of drug-likeness (QED) is 0.813. The van der Waals surface area contributed by atoms with Crippen molar-refractivity contribution in [2.24, 2.45) is 0 Å². The SMILES string of the molecule is Cc1cc(CNS(=O)(=O)Cc2cc(F)cc(F)c2)nc(N2CCCCC2)n1. The molecule has 0 aliphatic carbocycles. The van der Waals surface area contributed by atoms with Gasteiger partial charge in [0.2, 0.25) is 16.0 Å². The molecule has 0 saturated carbocycles. The van der Waals surface area contributed by atoms with Crippen molar-refractivity contribution < 1.29 is 17.2 Å². The second-order valence-corrected chi connectivity index (χ2v) is 8.51. The smallest absolute Gasteiger partial charge is 0.225 e. The number of rotatable bonds is 6. The largest absolute Gasteiger partial charge is 0.341 e. The van der Waals surface area contributed by atoms with Crippen LogP contribution in [0.2, 0.25) is 0 Å². The van der Waals surface area contributed by atoms with Crippen molar-refractivity contribution in [1.82, 2.24) is 14.7 Å². The first-order valence-electron chi connectivity index (χ1n) is 8.82. The number of aryl methyl sites for hydroxylation is 1. The van der Waals surface area contributed by atoms with Crippen LogP contribution in [0.1, 0.15) is 36.2 Å². The second-order valence-electron chi connectivity index (χ2n) is 6.71. The zero-order valence-electron chi connectivity index (χ0n) is 15.1. The molecule has 0 unspecified atom stereocenters. The number of sulfonamides is 1. The minimum absolute atomic E-state index is 0.00959. The van der Waals surface area contributed by atoms with Crippen molar-refractivity contribution in [2.45, 2.75) is 38.5 Å². The van der Waals surface area contributed by atoms with Gasteiger partial charge in [0.05, 0.1) is 18.0 Å². The van der Waals surface area contributed by atoms with Gasteiger partial charge in [-0.25, -0.2) is 31.9 Å². The Bertz CT molecular complexity index is 895. The summed E-state index contributed by atoms with van der Waals surface area (Å²) in [6.07, 6.45) is 3.36. The fourth-order valence-electron chi connectivity index (χ4n) is 3.09. The lowest BCUT2D eigenvalue weighted by atomic mass is 10.1. The average molecular weight is 396 g/mol. The molecule has 0 atom stereocenters. The number of benzene rings is 1. The second kappa shape index (κ2) is 8.26. The molecule has 6 nitrogen and oxygen atoms in total. The van der Waals surface area contributed by atoms with Crippen LogP contribution in [0.15, 0.2) is 24.3 Å². The predicted octanol–water partition coefficient (Wildman–Crippen LogP) is 2.67. The van der Waals surface area contributed by atoms with E-state index in [1.165, 1.54) is 6.42 Å². The van der Waals surface area contributed by atoms with E-state index in [0.717, 1.165) is 43.8 Å². The normalized spacial score (nSPS) is 15.1. The van der Waals surface area contributed by atoms with Gasteiger partial charge in [-0.15, -0.1) is 0 Å². The summed E-state index contributed by atoms with van der Waals surface area (Å²) in [5, 5.41) is 0. The number of aromatic nitrogens is 2. The average Bonchev–Trinajstić information content (AvgIpc) is 2.59. The topological polar surface area (TPSA) is 75.2 Å². The van der Waals surface area contributed by atoms with Crippen LogP contribution in [-0.2, 0) is 22.3 Å². The molecule has 1 aromatic carbocycles. The van der Waals surface area contributed by atoms with E-state index in [4.69, 9.17) is 0 Å². The zero-order chi connectivity index (χ0) is 19.4. The molecule has 146 valence electrons. The molecule has 27 heavy (non-hydrogen) atoms. The summed E-state index contributed by atoms with van der Waals surface area (Å²) in [5.41, 5.74) is 1.36. The van der Waals surface area contributed by atoms with Gasteiger partial charge in [0.1, 0.15) is 11.6 Å². The van der Waals surface area contributed by atoms with Gasteiger partial charge in [0, 0.05) is 24.8 Å². The summed E-state index contributed by atoms with van der Waals surface area (Å²) in [6, 6.07) is 4.43. The zero-order valence-corrected chi connectivity index (χ0v) is 15.9. The van der Waals surface area contributed by atoms with E-state index in [-0.39, 0.29) is 12.1 Å². The van der Waals surface area contributed by atoms with Crippen LogP contribution in [0.5, 0.6) is 0 Å².